The summed E-state index contributed by atoms with van der Waals surface area (Å²) in [5.41, 5.74) is 10.6. The average Bonchev–Trinajstić information content (AvgIpc) is 3.27. The van der Waals surface area contributed by atoms with Gasteiger partial charge < -0.3 is 15.2 Å². The van der Waals surface area contributed by atoms with Crippen molar-refractivity contribution in [2.24, 2.45) is 10.7 Å². The molecule has 0 aromatic heterocycles. The number of carbonyl (C=O) groups is 2. The van der Waals surface area contributed by atoms with Gasteiger partial charge in [0.1, 0.15) is 11.5 Å². The molecule has 222 valence electrons. The van der Waals surface area contributed by atoms with Gasteiger partial charge in [-0.1, -0.05) is 60.7 Å². The van der Waals surface area contributed by atoms with Crippen LogP contribution in [0.15, 0.2) is 83.9 Å². The molecule has 0 spiro atoms. The van der Waals surface area contributed by atoms with E-state index in [0.29, 0.717) is 55.1 Å². The first-order chi connectivity index (χ1) is 20.4. The van der Waals surface area contributed by atoms with Crippen LogP contribution in [0, 0.1) is 6.92 Å². The molecular formula is C35H34F2N2O4. The summed E-state index contributed by atoms with van der Waals surface area (Å²) in [6, 6.07) is 17.9. The fourth-order valence-corrected chi connectivity index (χ4v) is 5.99. The Morgan fingerprint density at radius 2 is 1.91 bits per heavy atom. The number of aliphatic imine (C=N–C) groups is 1. The van der Waals surface area contributed by atoms with Gasteiger partial charge in [-0.25, -0.2) is 0 Å². The van der Waals surface area contributed by atoms with E-state index in [2.05, 4.69) is 18.3 Å². The second-order valence-electron chi connectivity index (χ2n) is 11.3. The molecule has 2 unspecified atom stereocenters. The highest BCUT2D eigenvalue weighted by Crippen LogP contribution is 2.48. The van der Waals surface area contributed by atoms with Gasteiger partial charge in [0.2, 0.25) is 5.60 Å². The predicted molar refractivity (Wildman–Crippen MR) is 163 cm³/mol. The highest BCUT2D eigenvalue weighted by atomic mass is 19.3. The molecule has 3 aromatic rings. The molecule has 2 atom stereocenters. The summed E-state index contributed by atoms with van der Waals surface area (Å²) in [5.74, 6) is -0.440. The fraction of sp³-hybridized carbons (Fsp3) is 0.286. The first kappa shape index (κ1) is 29.9. The van der Waals surface area contributed by atoms with Crippen molar-refractivity contribution in [1.29, 1.82) is 0 Å². The molecule has 2 aliphatic rings. The van der Waals surface area contributed by atoms with Crippen molar-refractivity contribution in [2.45, 2.75) is 57.2 Å². The summed E-state index contributed by atoms with van der Waals surface area (Å²) >= 11 is 0. The molecule has 1 aliphatic carbocycles. The summed E-state index contributed by atoms with van der Waals surface area (Å²) in [7, 11) is 0. The van der Waals surface area contributed by atoms with Crippen LogP contribution < -0.4 is 15.2 Å². The summed E-state index contributed by atoms with van der Waals surface area (Å²) in [4.78, 5) is 30.0. The van der Waals surface area contributed by atoms with Crippen molar-refractivity contribution in [3.63, 3.8) is 0 Å². The smallest absolute Gasteiger partial charge is 0.394 e. The molecule has 0 saturated heterocycles. The molecule has 0 fully saturated rings. The molecule has 0 bridgehead atoms. The third-order valence-corrected chi connectivity index (χ3v) is 8.16. The van der Waals surface area contributed by atoms with Crippen LogP contribution in [0.4, 0.5) is 8.78 Å². The Hall–Kier alpha value is -4.59. The summed E-state index contributed by atoms with van der Waals surface area (Å²) < 4.78 is 38.6. The van der Waals surface area contributed by atoms with E-state index in [9.17, 15) is 18.4 Å². The Morgan fingerprint density at radius 1 is 1.16 bits per heavy atom. The molecule has 1 heterocycles. The van der Waals surface area contributed by atoms with Crippen LogP contribution >= 0.6 is 0 Å². The summed E-state index contributed by atoms with van der Waals surface area (Å²) in [6.07, 6.45) is 0.478. The maximum absolute atomic E-state index is 13.8. The summed E-state index contributed by atoms with van der Waals surface area (Å²) in [5, 5.41) is 0. The lowest BCUT2D eigenvalue weighted by Crippen LogP contribution is -2.53. The Balaban J connectivity index is 1.49. The lowest BCUT2D eigenvalue weighted by atomic mass is 9.87. The molecule has 43 heavy (non-hydrogen) atoms. The van der Waals surface area contributed by atoms with E-state index in [1.54, 1.807) is 30.3 Å². The second-order valence-corrected chi connectivity index (χ2v) is 11.3. The van der Waals surface area contributed by atoms with Crippen LogP contribution in [0.1, 0.15) is 63.9 Å². The van der Waals surface area contributed by atoms with Gasteiger partial charge in [-0.3, -0.25) is 14.6 Å². The number of amides is 1. The molecule has 2 N–H and O–H groups in total. The number of fused-ring (bicyclic) bond motifs is 2. The largest absolute Gasteiger partial charge is 0.475 e. The standard InChI is InChI=1S/C35H34F2N2O4/c1-5-26-27(14-9-22-8-12-23-16-17-35(20-39-4,33(38)41)43-30(23)18-22)29-19-25(42-34(3,36)37)13-15-28(29)31(26)32(40)24-10-6-21(2)7-11-24/h5-8,10-13,15,18-19,27H,1,4,9,14,16-17,20H2,2-3H3,(H2,38,41). The molecule has 0 saturated carbocycles. The lowest BCUT2D eigenvalue weighted by Gasteiger charge is -2.35. The number of halogens is 2. The minimum absolute atomic E-state index is 0.0181. The van der Waals surface area contributed by atoms with Crippen molar-refractivity contribution in [2.75, 3.05) is 6.54 Å². The zero-order valence-corrected chi connectivity index (χ0v) is 24.3. The fourth-order valence-electron chi connectivity index (χ4n) is 5.99. The van der Waals surface area contributed by atoms with Crippen LogP contribution in [0.25, 0.3) is 5.57 Å². The number of primary amides is 1. The predicted octanol–water partition coefficient (Wildman–Crippen LogP) is 6.79. The number of allylic oxidation sites excluding steroid dienone is 3. The van der Waals surface area contributed by atoms with E-state index in [1.165, 1.54) is 6.07 Å². The number of alkyl halides is 2. The maximum atomic E-state index is 13.8. The molecule has 0 radical (unpaired) electrons. The van der Waals surface area contributed by atoms with Gasteiger partial charge in [0.05, 0.1) is 6.54 Å². The topological polar surface area (TPSA) is 91.0 Å². The quantitative estimate of drug-likeness (QED) is 0.199. The molecule has 8 heteroatoms. The SMILES string of the molecule is C=CC1=C(C(=O)c2ccc(C)cc2)c2ccc(OC(C)(F)F)cc2C1CCc1ccc2c(c1)OC(CN=C)(C(N)=O)CC2. The first-order valence-electron chi connectivity index (χ1n) is 14.2. The van der Waals surface area contributed by atoms with Crippen LogP contribution in [0.5, 0.6) is 11.5 Å². The summed E-state index contributed by atoms with van der Waals surface area (Å²) in [6.45, 7) is 10.2. The monoisotopic (exact) mass is 584 g/mol. The number of carbonyl (C=O) groups excluding carboxylic acids is 2. The van der Waals surface area contributed by atoms with Crippen molar-refractivity contribution < 1.29 is 27.8 Å². The maximum Gasteiger partial charge on any atom is 0.394 e. The highest BCUT2D eigenvalue weighted by Gasteiger charge is 2.42. The number of hydrogen-bond acceptors (Lipinski definition) is 5. The minimum atomic E-state index is -3.36. The van der Waals surface area contributed by atoms with Crippen LogP contribution in [0.2, 0.25) is 0 Å². The van der Waals surface area contributed by atoms with E-state index in [4.69, 9.17) is 15.2 Å². The van der Waals surface area contributed by atoms with Gasteiger partial charge in [-0.2, -0.15) is 8.78 Å². The zero-order valence-electron chi connectivity index (χ0n) is 24.3. The van der Waals surface area contributed by atoms with Gasteiger partial charge >= 0.3 is 6.11 Å². The van der Waals surface area contributed by atoms with Gasteiger partial charge in [-0.15, -0.1) is 0 Å². The number of nitrogens with two attached hydrogens (primary N) is 1. The van der Waals surface area contributed by atoms with Crippen molar-refractivity contribution in [3.05, 3.63) is 112 Å². The minimum Gasteiger partial charge on any atom is -0.475 e. The van der Waals surface area contributed by atoms with Crippen molar-refractivity contribution >= 4 is 24.0 Å². The molecular weight excluding hydrogens is 550 g/mol. The van der Waals surface area contributed by atoms with Gasteiger partial charge in [0.15, 0.2) is 5.78 Å². The Morgan fingerprint density at radius 3 is 2.56 bits per heavy atom. The van der Waals surface area contributed by atoms with E-state index in [0.717, 1.165) is 27.8 Å². The van der Waals surface area contributed by atoms with Crippen LogP contribution in [-0.4, -0.2) is 36.7 Å². The Labute approximate surface area is 249 Å². The lowest BCUT2D eigenvalue weighted by molar-refractivity contribution is -0.159. The number of rotatable bonds is 11. The first-order valence-corrected chi connectivity index (χ1v) is 14.2. The number of Topliss-reactive ketones (excluding diaryl/α,β-unsaturated/α-hetero) is 1. The van der Waals surface area contributed by atoms with E-state index < -0.39 is 17.6 Å². The van der Waals surface area contributed by atoms with Gasteiger partial charge in [0, 0.05) is 30.4 Å². The highest BCUT2D eigenvalue weighted by molar-refractivity contribution is 6.31. The van der Waals surface area contributed by atoms with Crippen molar-refractivity contribution in [1.82, 2.24) is 0 Å². The number of hydrogen-bond donors (Lipinski definition) is 1. The normalized spacial score (nSPS) is 19.2. The van der Waals surface area contributed by atoms with E-state index in [1.807, 2.05) is 37.3 Å². The molecule has 6 nitrogen and oxygen atoms in total. The van der Waals surface area contributed by atoms with E-state index >= 15 is 0 Å². The Bertz CT molecular complexity index is 1640. The van der Waals surface area contributed by atoms with Crippen LogP contribution in [-0.2, 0) is 17.6 Å². The number of aryl methyl sites for hydroxylation is 3. The number of benzene rings is 3. The molecule has 5 rings (SSSR count). The third-order valence-electron chi connectivity index (χ3n) is 8.16. The third kappa shape index (κ3) is 6.00. The van der Waals surface area contributed by atoms with E-state index in [-0.39, 0.29) is 24.0 Å². The zero-order chi connectivity index (χ0) is 30.9. The Kier molecular flexibility index (Phi) is 8.06. The molecule has 3 aromatic carbocycles. The van der Waals surface area contributed by atoms with Gasteiger partial charge in [-0.05, 0) is 78.9 Å². The molecule has 1 amide bonds. The molecule has 1 aliphatic heterocycles. The number of nitrogens with zero attached hydrogens (tertiary/aromatic N) is 1. The van der Waals surface area contributed by atoms with Gasteiger partial charge in [0.25, 0.3) is 5.91 Å². The average molecular weight is 585 g/mol. The van der Waals surface area contributed by atoms with Crippen molar-refractivity contribution in [3.8, 4) is 11.5 Å². The number of ketones is 1. The van der Waals surface area contributed by atoms with Crippen LogP contribution in [0.3, 0.4) is 0 Å². The number of ether oxygens (including phenoxy) is 2. The second kappa shape index (κ2) is 11.6.